The number of nitrogens with one attached hydrogen (secondary N) is 2. The summed E-state index contributed by atoms with van der Waals surface area (Å²) in [6.45, 7) is 5.22. The third-order valence-corrected chi connectivity index (χ3v) is 4.88. The van der Waals surface area contributed by atoms with Crippen LogP contribution in [0, 0.1) is 11.7 Å². The Hall–Kier alpha value is -2.09. The van der Waals surface area contributed by atoms with E-state index in [0.717, 1.165) is 11.8 Å². The Morgan fingerprint density at radius 3 is 2.32 bits per heavy atom. The van der Waals surface area contributed by atoms with Crippen LogP contribution < -0.4 is 10.6 Å². The summed E-state index contributed by atoms with van der Waals surface area (Å²) in [6.07, 6.45) is 0.624. The van der Waals surface area contributed by atoms with Gasteiger partial charge in [-0.2, -0.15) is 0 Å². The Bertz CT molecular complexity index is 609. The maximum absolute atomic E-state index is 12.8. The minimum Gasteiger partial charge on any atom is -0.480 e. The zero-order chi connectivity index (χ0) is 19.0. The van der Waals surface area contributed by atoms with Crippen LogP contribution in [0.2, 0.25) is 0 Å². The molecule has 3 N–H and O–H groups in total. The number of carboxylic acids is 1. The molecule has 0 aliphatic carbocycles. The molecule has 0 fully saturated rings. The van der Waals surface area contributed by atoms with Gasteiger partial charge in [0.15, 0.2) is 0 Å². The van der Waals surface area contributed by atoms with Crippen LogP contribution in [0.4, 0.5) is 10.1 Å². The van der Waals surface area contributed by atoms with Gasteiger partial charge in [-0.05, 0) is 37.1 Å². The van der Waals surface area contributed by atoms with E-state index in [4.69, 9.17) is 0 Å². The molecular formula is C17H23FN2O4S. The molecular weight excluding hydrogens is 347 g/mol. The fourth-order valence-corrected chi connectivity index (χ4v) is 2.65. The Kier molecular flexibility index (Phi) is 8.40. The van der Waals surface area contributed by atoms with E-state index in [1.165, 1.54) is 24.3 Å². The van der Waals surface area contributed by atoms with Gasteiger partial charge in [0.05, 0.1) is 11.0 Å². The van der Waals surface area contributed by atoms with Gasteiger partial charge < -0.3 is 15.7 Å². The molecule has 0 aliphatic heterocycles. The molecule has 6 nitrogen and oxygen atoms in total. The molecule has 8 heteroatoms. The van der Waals surface area contributed by atoms with E-state index < -0.39 is 29.0 Å². The van der Waals surface area contributed by atoms with E-state index in [2.05, 4.69) is 10.6 Å². The van der Waals surface area contributed by atoms with Crippen LogP contribution in [0.5, 0.6) is 0 Å². The van der Waals surface area contributed by atoms with Gasteiger partial charge in [-0.1, -0.05) is 20.3 Å². The van der Waals surface area contributed by atoms with Crippen molar-refractivity contribution in [3.8, 4) is 0 Å². The number of benzene rings is 1. The topological polar surface area (TPSA) is 95.5 Å². The lowest BCUT2D eigenvalue weighted by Crippen LogP contribution is -2.47. The molecule has 3 unspecified atom stereocenters. The van der Waals surface area contributed by atoms with Crippen LogP contribution >= 0.6 is 11.8 Å². The fraction of sp³-hybridized carbons (Fsp3) is 0.471. The summed E-state index contributed by atoms with van der Waals surface area (Å²) in [5.74, 6) is -2.39. The van der Waals surface area contributed by atoms with Crippen molar-refractivity contribution in [2.75, 3.05) is 11.1 Å². The first-order chi connectivity index (χ1) is 11.7. The molecule has 25 heavy (non-hydrogen) atoms. The second kappa shape index (κ2) is 10.0. The summed E-state index contributed by atoms with van der Waals surface area (Å²) >= 11 is 1.10. The van der Waals surface area contributed by atoms with Crippen LogP contribution in [-0.4, -0.2) is 39.9 Å². The third kappa shape index (κ3) is 7.13. The molecule has 1 rings (SSSR count). The van der Waals surface area contributed by atoms with Crippen molar-refractivity contribution in [1.82, 2.24) is 5.32 Å². The lowest BCUT2D eigenvalue weighted by Gasteiger charge is -2.22. The average Bonchev–Trinajstić information content (AvgIpc) is 2.58. The summed E-state index contributed by atoms with van der Waals surface area (Å²) in [6, 6.07) is 4.41. The van der Waals surface area contributed by atoms with Crippen molar-refractivity contribution in [3.63, 3.8) is 0 Å². The molecule has 2 amide bonds. The highest BCUT2D eigenvalue weighted by Gasteiger charge is 2.27. The maximum atomic E-state index is 12.8. The molecule has 0 heterocycles. The smallest absolute Gasteiger partial charge is 0.326 e. The van der Waals surface area contributed by atoms with Crippen molar-refractivity contribution in [3.05, 3.63) is 30.1 Å². The number of hydrogen-bond donors (Lipinski definition) is 3. The summed E-state index contributed by atoms with van der Waals surface area (Å²) < 4.78 is 12.8. The van der Waals surface area contributed by atoms with Gasteiger partial charge in [-0.3, -0.25) is 9.59 Å². The zero-order valence-corrected chi connectivity index (χ0v) is 15.2. The highest BCUT2D eigenvalue weighted by Crippen LogP contribution is 2.15. The molecule has 0 saturated carbocycles. The number of carbonyl (C=O) groups excluding carboxylic acids is 2. The molecule has 0 spiro atoms. The number of rotatable bonds is 9. The van der Waals surface area contributed by atoms with Crippen LogP contribution in [0.25, 0.3) is 0 Å². The molecule has 3 atom stereocenters. The predicted octanol–water partition coefficient (Wildman–Crippen LogP) is 2.50. The van der Waals surface area contributed by atoms with Gasteiger partial charge in [0.2, 0.25) is 11.8 Å². The molecule has 0 saturated heterocycles. The van der Waals surface area contributed by atoms with Crippen LogP contribution in [0.15, 0.2) is 24.3 Å². The summed E-state index contributed by atoms with van der Waals surface area (Å²) in [4.78, 5) is 35.2. The van der Waals surface area contributed by atoms with Crippen molar-refractivity contribution < 1.29 is 23.9 Å². The molecule has 138 valence electrons. The molecule has 1 aromatic rings. The lowest BCUT2D eigenvalue weighted by molar-refractivity contribution is -0.143. The van der Waals surface area contributed by atoms with Crippen LogP contribution in [0.1, 0.15) is 27.2 Å². The maximum Gasteiger partial charge on any atom is 0.326 e. The number of carboxylic acid groups (broad SMARTS) is 1. The van der Waals surface area contributed by atoms with Crippen LogP contribution in [-0.2, 0) is 14.4 Å². The fourth-order valence-electron chi connectivity index (χ4n) is 1.96. The van der Waals surface area contributed by atoms with E-state index in [9.17, 15) is 23.9 Å². The molecule has 0 aliphatic rings. The Morgan fingerprint density at radius 1 is 1.20 bits per heavy atom. The predicted molar refractivity (Wildman–Crippen MR) is 96.0 cm³/mol. The second-order valence-corrected chi connectivity index (χ2v) is 7.05. The van der Waals surface area contributed by atoms with Gasteiger partial charge in [0, 0.05) is 5.69 Å². The highest BCUT2D eigenvalue weighted by atomic mass is 32.2. The van der Waals surface area contributed by atoms with E-state index in [0.29, 0.717) is 12.1 Å². The van der Waals surface area contributed by atoms with E-state index >= 15 is 0 Å². The minimum atomic E-state index is -1.08. The van der Waals surface area contributed by atoms with Crippen molar-refractivity contribution in [2.45, 2.75) is 38.5 Å². The quantitative estimate of drug-likeness (QED) is 0.621. The number of aliphatic carboxylic acids is 1. The largest absolute Gasteiger partial charge is 0.480 e. The SMILES string of the molecule is CCC(C)C(NC(=O)C(C)SCC(=O)Nc1ccc(F)cc1)C(=O)O. The van der Waals surface area contributed by atoms with Gasteiger partial charge >= 0.3 is 5.97 Å². The Labute approximate surface area is 150 Å². The normalized spacial score (nSPS) is 14.2. The summed E-state index contributed by atoms with van der Waals surface area (Å²) in [7, 11) is 0. The average molecular weight is 370 g/mol. The van der Waals surface area contributed by atoms with Crippen LogP contribution in [0.3, 0.4) is 0 Å². The Morgan fingerprint density at radius 2 is 1.80 bits per heavy atom. The standard InChI is InChI=1S/C17H23FN2O4S/c1-4-10(2)15(17(23)24)20-16(22)11(3)25-9-14(21)19-13-7-5-12(18)6-8-13/h5-8,10-11,15H,4,9H2,1-3H3,(H,19,21)(H,20,22)(H,23,24). The van der Waals surface area contributed by atoms with E-state index in [1.54, 1.807) is 13.8 Å². The molecule has 0 radical (unpaired) electrons. The summed E-state index contributed by atoms with van der Waals surface area (Å²) in [5.41, 5.74) is 0.465. The lowest BCUT2D eigenvalue weighted by atomic mass is 9.99. The number of halogens is 1. The number of hydrogen-bond acceptors (Lipinski definition) is 4. The first-order valence-electron chi connectivity index (χ1n) is 7.94. The van der Waals surface area contributed by atoms with Crippen molar-refractivity contribution in [1.29, 1.82) is 0 Å². The second-order valence-electron chi connectivity index (χ2n) is 5.72. The number of anilines is 1. The van der Waals surface area contributed by atoms with Gasteiger partial charge in [-0.15, -0.1) is 11.8 Å². The molecule has 0 bridgehead atoms. The minimum absolute atomic E-state index is 0.0209. The van der Waals surface area contributed by atoms with Crippen molar-refractivity contribution >= 4 is 35.2 Å². The van der Waals surface area contributed by atoms with Gasteiger partial charge in [0.1, 0.15) is 11.9 Å². The van der Waals surface area contributed by atoms with E-state index in [1.807, 2.05) is 6.92 Å². The van der Waals surface area contributed by atoms with Gasteiger partial charge in [-0.25, -0.2) is 9.18 Å². The number of amides is 2. The third-order valence-electron chi connectivity index (χ3n) is 3.74. The Balaban J connectivity index is 2.47. The van der Waals surface area contributed by atoms with E-state index in [-0.39, 0.29) is 17.6 Å². The first-order valence-corrected chi connectivity index (χ1v) is 8.99. The first kappa shape index (κ1) is 21.0. The summed E-state index contributed by atoms with van der Waals surface area (Å²) in [5, 5.41) is 13.7. The number of thioether (sulfide) groups is 1. The number of carbonyl (C=O) groups is 3. The van der Waals surface area contributed by atoms with Gasteiger partial charge in [0.25, 0.3) is 0 Å². The zero-order valence-electron chi connectivity index (χ0n) is 14.4. The molecule has 0 aromatic heterocycles. The highest BCUT2D eigenvalue weighted by molar-refractivity contribution is 8.01. The van der Waals surface area contributed by atoms with Crippen molar-refractivity contribution in [2.24, 2.45) is 5.92 Å². The molecule has 1 aromatic carbocycles. The monoisotopic (exact) mass is 370 g/mol.